The molecule has 0 saturated heterocycles. The molecular weight excluding hydrogens is 335 g/mol. The van der Waals surface area contributed by atoms with Gasteiger partial charge in [0.05, 0.1) is 0 Å². The maximum Gasteiger partial charge on any atom is 0.279 e. The highest BCUT2D eigenvalue weighted by atomic mass is 19.1. The van der Waals surface area contributed by atoms with Crippen LogP contribution in [0.25, 0.3) is 5.65 Å². The third kappa shape index (κ3) is 3.28. The summed E-state index contributed by atoms with van der Waals surface area (Å²) >= 11 is 0. The molecular formula is C19H19FN4O2. The van der Waals surface area contributed by atoms with E-state index in [0.717, 1.165) is 11.1 Å². The predicted molar refractivity (Wildman–Crippen MR) is 97.0 cm³/mol. The second-order valence-corrected chi connectivity index (χ2v) is 6.03. The highest BCUT2D eigenvalue weighted by molar-refractivity contribution is 6.05. The van der Waals surface area contributed by atoms with Crippen molar-refractivity contribution in [3.63, 3.8) is 0 Å². The molecule has 1 aromatic carbocycles. The van der Waals surface area contributed by atoms with Crippen LogP contribution < -0.4 is 10.6 Å². The van der Waals surface area contributed by atoms with Gasteiger partial charge in [-0.1, -0.05) is 12.1 Å². The molecule has 0 radical (unpaired) electrons. The van der Waals surface area contributed by atoms with Crippen LogP contribution in [0.2, 0.25) is 0 Å². The lowest BCUT2D eigenvalue weighted by molar-refractivity contribution is 0.0954. The van der Waals surface area contributed by atoms with Crippen molar-refractivity contribution in [3.8, 4) is 0 Å². The van der Waals surface area contributed by atoms with Crippen molar-refractivity contribution in [1.82, 2.24) is 14.7 Å². The number of aromatic nitrogens is 2. The summed E-state index contributed by atoms with van der Waals surface area (Å²) in [5.41, 5.74) is 2.52. The second kappa shape index (κ2) is 6.95. The molecule has 0 spiro atoms. The lowest BCUT2D eigenvalue weighted by Gasteiger charge is -2.10. The molecule has 7 heteroatoms. The Labute approximate surface area is 150 Å². The molecule has 0 aliphatic heterocycles. The summed E-state index contributed by atoms with van der Waals surface area (Å²) < 4.78 is 15.8. The number of imidazole rings is 1. The van der Waals surface area contributed by atoms with Gasteiger partial charge in [0.25, 0.3) is 11.8 Å². The molecule has 134 valence electrons. The van der Waals surface area contributed by atoms with Crippen molar-refractivity contribution in [1.29, 1.82) is 0 Å². The Morgan fingerprint density at radius 3 is 2.65 bits per heavy atom. The maximum atomic E-state index is 14.5. The van der Waals surface area contributed by atoms with Crippen LogP contribution in [-0.2, 0) is 0 Å². The first-order chi connectivity index (χ1) is 12.4. The quantitative estimate of drug-likeness (QED) is 0.756. The van der Waals surface area contributed by atoms with Gasteiger partial charge in [0.1, 0.15) is 5.65 Å². The smallest absolute Gasteiger partial charge is 0.279 e. The third-order valence-corrected chi connectivity index (χ3v) is 4.01. The molecule has 0 bridgehead atoms. The SMILES string of the molecule is CCNC(=O)c1ccc(C)c(NC(=O)c2nc3ccc(C)cn3c2F)c1. The van der Waals surface area contributed by atoms with E-state index in [9.17, 15) is 14.0 Å². The minimum absolute atomic E-state index is 0.239. The van der Waals surface area contributed by atoms with Crippen LogP contribution in [-0.4, -0.2) is 27.7 Å². The van der Waals surface area contributed by atoms with Gasteiger partial charge in [-0.3, -0.25) is 14.0 Å². The van der Waals surface area contributed by atoms with E-state index < -0.39 is 11.9 Å². The van der Waals surface area contributed by atoms with Gasteiger partial charge in [0.2, 0.25) is 5.95 Å². The van der Waals surface area contributed by atoms with E-state index in [-0.39, 0.29) is 11.6 Å². The first-order valence-corrected chi connectivity index (χ1v) is 8.25. The summed E-state index contributed by atoms with van der Waals surface area (Å²) in [7, 11) is 0. The van der Waals surface area contributed by atoms with Crippen LogP contribution in [0.3, 0.4) is 0 Å². The Bertz CT molecular complexity index is 1010. The number of carbonyl (C=O) groups excluding carboxylic acids is 2. The van der Waals surface area contributed by atoms with E-state index in [0.29, 0.717) is 23.4 Å². The first kappa shape index (κ1) is 17.6. The molecule has 6 nitrogen and oxygen atoms in total. The number of nitrogens with one attached hydrogen (secondary N) is 2. The van der Waals surface area contributed by atoms with Crippen LogP contribution in [0, 0.1) is 19.8 Å². The Kier molecular flexibility index (Phi) is 4.71. The van der Waals surface area contributed by atoms with Gasteiger partial charge in [-0.2, -0.15) is 4.39 Å². The summed E-state index contributed by atoms with van der Waals surface area (Å²) in [4.78, 5) is 28.6. The Morgan fingerprint density at radius 1 is 1.15 bits per heavy atom. The fourth-order valence-corrected chi connectivity index (χ4v) is 2.61. The van der Waals surface area contributed by atoms with Gasteiger partial charge in [-0.25, -0.2) is 4.98 Å². The zero-order valence-electron chi connectivity index (χ0n) is 14.8. The molecule has 0 aliphatic rings. The second-order valence-electron chi connectivity index (χ2n) is 6.03. The van der Waals surface area contributed by atoms with Gasteiger partial charge < -0.3 is 10.6 Å². The summed E-state index contributed by atoms with van der Waals surface area (Å²) in [5, 5.41) is 5.34. The highest BCUT2D eigenvalue weighted by Gasteiger charge is 2.20. The number of hydrogen-bond acceptors (Lipinski definition) is 3. The summed E-state index contributed by atoms with van der Waals surface area (Å²) in [6.07, 6.45) is 1.58. The monoisotopic (exact) mass is 354 g/mol. The lowest BCUT2D eigenvalue weighted by atomic mass is 10.1. The molecule has 0 saturated carbocycles. The van der Waals surface area contributed by atoms with Gasteiger partial charge >= 0.3 is 0 Å². The van der Waals surface area contributed by atoms with Crippen LogP contribution in [0.15, 0.2) is 36.5 Å². The van der Waals surface area contributed by atoms with E-state index in [4.69, 9.17) is 0 Å². The molecule has 2 amide bonds. The molecule has 2 aromatic heterocycles. The zero-order chi connectivity index (χ0) is 18.8. The van der Waals surface area contributed by atoms with Gasteiger partial charge in [0.15, 0.2) is 5.69 Å². The lowest BCUT2D eigenvalue weighted by Crippen LogP contribution is -2.23. The van der Waals surface area contributed by atoms with E-state index in [1.807, 2.05) is 13.8 Å². The minimum atomic E-state index is -0.723. The molecule has 3 aromatic rings. The molecule has 2 heterocycles. The van der Waals surface area contributed by atoms with Crippen molar-refractivity contribution in [2.75, 3.05) is 11.9 Å². The summed E-state index contributed by atoms with van der Waals surface area (Å²) in [6, 6.07) is 8.41. The highest BCUT2D eigenvalue weighted by Crippen LogP contribution is 2.19. The number of anilines is 1. The number of amides is 2. The van der Waals surface area contributed by atoms with Gasteiger partial charge in [-0.15, -0.1) is 0 Å². The number of pyridine rings is 1. The van der Waals surface area contributed by atoms with E-state index >= 15 is 0 Å². The van der Waals surface area contributed by atoms with Crippen molar-refractivity contribution >= 4 is 23.1 Å². The van der Waals surface area contributed by atoms with E-state index in [1.54, 1.807) is 43.5 Å². The van der Waals surface area contributed by atoms with Crippen LogP contribution in [0.5, 0.6) is 0 Å². The molecule has 26 heavy (non-hydrogen) atoms. The maximum absolute atomic E-state index is 14.5. The molecule has 2 N–H and O–H groups in total. The van der Waals surface area contributed by atoms with Gasteiger partial charge in [0, 0.05) is 24.0 Å². The van der Waals surface area contributed by atoms with Crippen LogP contribution in [0.1, 0.15) is 38.9 Å². The number of halogens is 1. The number of fused-ring (bicyclic) bond motifs is 1. The molecule has 0 unspecified atom stereocenters. The molecule has 0 fully saturated rings. The van der Waals surface area contributed by atoms with Crippen LogP contribution >= 0.6 is 0 Å². The molecule has 0 aliphatic carbocycles. The number of hydrogen-bond donors (Lipinski definition) is 2. The predicted octanol–water partition coefficient (Wildman–Crippen LogP) is 3.09. The largest absolute Gasteiger partial charge is 0.352 e. The number of carbonyl (C=O) groups is 2. The van der Waals surface area contributed by atoms with Crippen molar-refractivity contribution in [3.05, 3.63) is 64.9 Å². The minimum Gasteiger partial charge on any atom is -0.352 e. The average molecular weight is 354 g/mol. The number of nitrogens with zero attached hydrogens (tertiary/aromatic N) is 2. The standard InChI is InChI=1S/C19H19FN4O2/c1-4-21-18(25)13-7-6-12(3)14(9-13)22-19(26)16-17(20)24-10-11(2)5-8-15(24)23-16/h5-10H,4H2,1-3H3,(H,21,25)(H,22,26). The van der Waals surface area contributed by atoms with Crippen molar-refractivity contribution in [2.24, 2.45) is 0 Å². The van der Waals surface area contributed by atoms with Crippen molar-refractivity contribution in [2.45, 2.75) is 20.8 Å². The van der Waals surface area contributed by atoms with Crippen molar-refractivity contribution < 1.29 is 14.0 Å². The Hall–Kier alpha value is -3.22. The van der Waals surface area contributed by atoms with E-state index in [1.165, 1.54) is 4.40 Å². The fourth-order valence-electron chi connectivity index (χ4n) is 2.61. The van der Waals surface area contributed by atoms with E-state index in [2.05, 4.69) is 15.6 Å². The number of aryl methyl sites for hydroxylation is 2. The molecule has 3 rings (SSSR count). The summed E-state index contributed by atoms with van der Waals surface area (Å²) in [6.45, 7) is 5.94. The first-order valence-electron chi connectivity index (χ1n) is 8.25. The topological polar surface area (TPSA) is 75.5 Å². The fraction of sp³-hybridized carbons (Fsp3) is 0.211. The zero-order valence-corrected chi connectivity index (χ0v) is 14.8. The molecule has 0 atom stereocenters. The Morgan fingerprint density at radius 2 is 1.92 bits per heavy atom. The average Bonchev–Trinajstić information content (AvgIpc) is 2.93. The summed E-state index contributed by atoms with van der Waals surface area (Å²) in [5.74, 6) is -1.63. The number of rotatable bonds is 4. The number of benzene rings is 1. The normalized spacial score (nSPS) is 10.8. The third-order valence-electron chi connectivity index (χ3n) is 4.01. The Balaban J connectivity index is 1.92. The van der Waals surface area contributed by atoms with Gasteiger partial charge in [-0.05, 0) is 50.1 Å². The van der Waals surface area contributed by atoms with Crippen LogP contribution in [0.4, 0.5) is 10.1 Å².